The Balaban J connectivity index is 1.54. The van der Waals surface area contributed by atoms with E-state index in [9.17, 15) is 9.59 Å². The minimum absolute atomic E-state index is 0.00515. The van der Waals surface area contributed by atoms with E-state index in [1.807, 2.05) is 35.8 Å². The van der Waals surface area contributed by atoms with Crippen LogP contribution in [0.2, 0.25) is 0 Å². The fraction of sp³-hybridized carbons (Fsp3) is 0.448. The van der Waals surface area contributed by atoms with E-state index in [4.69, 9.17) is 15.2 Å². The van der Waals surface area contributed by atoms with E-state index >= 15 is 0 Å². The summed E-state index contributed by atoms with van der Waals surface area (Å²) in [4.78, 5) is 31.2. The molecule has 8 nitrogen and oxygen atoms in total. The molecule has 0 bridgehead atoms. The third kappa shape index (κ3) is 5.05. The zero-order chi connectivity index (χ0) is 26.8. The maximum atomic E-state index is 14.0. The standard InChI is InChI=1S/C29H36N4O4S/c1-19(2)37-25-18-21-20(16-24(25)36-3)8-12-33-23(17-22(28(21)33)26-6-4-15-38-26)29(35)32-11-5-10-31(13-14-32)27(34)7-9-30/h4,6,15-19H,5,7-14,30H2,1-3H3. The van der Waals surface area contributed by atoms with Crippen LogP contribution in [0.3, 0.4) is 0 Å². The average molecular weight is 537 g/mol. The zero-order valence-electron chi connectivity index (χ0n) is 22.4. The van der Waals surface area contributed by atoms with E-state index < -0.39 is 0 Å². The molecule has 5 rings (SSSR count). The Morgan fingerprint density at radius 1 is 1.03 bits per heavy atom. The van der Waals surface area contributed by atoms with Crippen LogP contribution >= 0.6 is 11.3 Å². The molecule has 2 aliphatic rings. The van der Waals surface area contributed by atoms with Crippen LogP contribution in [0.1, 0.15) is 42.7 Å². The monoisotopic (exact) mass is 536 g/mol. The third-order valence-corrected chi connectivity index (χ3v) is 8.11. The molecular formula is C29H36N4O4S. The van der Waals surface area contributed by atoms with Crippen LogP contribution in [-0.4, -0.2) is 72.1 Å². The number of nitrogens with two attached hydrogens (primary N) is 1. The van der Waals surface area contributed by atoms with Crippen molar-refractivity contribution in [1.82, 2.24) is 14.4 Å². The number of rotatable bonds is 7. The molecular weight excluding hydrogens is 500 g/mol. The van der Waals surface area contributed by atoms with Gasteiger partial charge in [-0.15, -0.1) is 11.3 Å². The molecule has 1 aromatic carbocycles. The average Bonchev–Trinajstić information content (AvgIpc) is 3.49. The van der Waals surface area contributed by atoms with Crippen molar-refractivity contribution in [2.75, 3.05) is 39.8 Å². The Morgan fingerprint density at radius 3 is 2.53 bits per heavy atom. The van der Waals surface area contributed by atoms with Gasteiger partial charge in [0.15, 0.2) is 11.5 Å². The predicted molar refractivity (Wildman–Crippen MR) is 150 cm³/mol. The van der Waals surface area contributed by atoms with Crippen molar-refractivity contribution < 1.29 is 19.1 Å². The first-order valence-corrected chi connectivity index (χ1v) is 14.2. The van der Waals surface area contributed by atoms with Gasteiger partial charge in [0.05, 0.1) is 18.9 Å². The number of fused-ring (bicyclic) bond motifs is 3. The van der Waals surface area contributed by atoms with Crippen molar-refractivity contribution in [1.29, 1.82) is 0 Å². The van der Waals surface area contributed by atoms with Gasteiger partial charge in [0.1, 0.15) is 5.69 Å². The number of aromatic nitrogens is 1. The lowest BCUT2D eigenvalue weighted by Crippen LogP contribution is -2.38. The lowest BCUT2D eigenvalue weighted by molar-refractivity contribution is -0.130. The lowest BCUT2D eigenvalue weighted by atomic mass is 9.95. The van der Waals surface area contributed by atoms with Crippen molar-refractivity contribution >= 4 is 23.2 Å². The quantitative estimate of drug-likeness (QED) is 0.487. The van der Waals surface area contributed by atoms with Gasteiger partial charge in [-0.2, -0.15) is 0 Å². The Hall–Kier alpha value is -3.30. The lowest BCUT2D eigenvalue weighted by Gasteiger charge is -2.26. The number of benzene rings is 1. The largest absolute Gasteiger partial charge is 0.493 e. The molecule has 2 N–H and O–H groups in total. The number of amides is 2. The Morgan fingerprint density at radius 2 is 1.82 bits per heavy atom. The highest BCUT2D eigenvalue weighted by molar-refractivity contribution is 7.13. The summed E-state index contributed by atoms with van der Waals surface area (Å²) in [5, 5.41) is 2.06. The molecule has 2 aliphatic heterocycles. The van der Waals surface area contributed by atoms with Crippen LogP contribution in [0.4, 0.5) is 0 Å². The van der Waals surface area contributed by atoms with Gasteiger partial charge in [-0.1, -0.05) is 6.07 Å². The van der Waals surface area contributed by atoms with E-state index in [1.165, 1.54) is 5.56 Å². The molecule has 0 spiro atoms. The van der Waals surface area contributed by atoms with Crippen LogP contribution < -0.4 is 15.2 Å². The van der Waals surface area contributed by atoms with E-state index in [2.05, 4.69) is 28.1 Å². The smallest absolute Gasteiger partial charge is 0.270 e. The van der Waals surface area contributed by atoms with Gasteiger partial charge in [-0.25, -0.2) is 0 Å². The summed E-state index contributed by atoms with van der Waals surface area (Å²) in [6.07, 6.45) is 1.90. The van der Waals surface area contributed by atoms with E-state index in [0.29, 0.717) is 57.1 Å². The fourth-order valence-corrected chi connectivity index (χ4v) is 6.19. The molecule has 0 aliphatic carbocycles. The van der Waals surface area contributed by atoms with Gasteiger partial charge in [0, 0.05) is 61.7 Å². The fourth-order valence-electron chi connectivity index (χ4n) is 5.45. The van der Waals surface area contributed by atoms with Crippen LogP contribution in [0.15, 0.2) is 35.7 Å². The predicted octanol–water partition coefficient (Wildman–Crippen LogP) is 4.26. The number of nitrogens with zero attached hydrogens (tertiary/aromatic N) is 3. The molecule has 38 heavy (non-hydrogen) atoms. The van der Waals surface area contributed by atoms with E-state index in [-0.39, 0.29) is 17.9 Å². The van der Waals surface area contributed by atoms with Crippen molar-refractivity contribution in [3.63, 3.8) is 0 Å². The van der Waals surface area contributed by atoms with Gasteiger partial charge in [-0.3, -0.25) is 9.59 Å². The minimum atomic E-state index is 0.00515. The topological polar surface area (TPSA) is 90.0 Å². The van der Waals surface area contributed by atoms with Crippen molar-refractivity contribution in [3.8, 4) is 33.2 Å². The molecule has 4 heterocycles. The van der Waals surface area contributed by atoms with Gasteiger partial charge < -0.3 is 29.6 Å². The zero-order valence-corrected chi connectivity index (χ0v) is 23.2. The molecule has 9 heteroatoms. The number of ether oxygens (including phenoxy) is 2. The number of carbonyl (C=O) groups is 2. The summed E-state index contributed by atoms with van der Waals surface area (Å²) in [5.74, 6) is 1.51. The molecule has 0 atom stereocenters. The second kappa shape index (κ2) is 11.2. The maximum Gasteiger partial charge on any atom is 0.270 e. The Kier molecular flexibility index (Phi) is 7.76. The van der Waals surface area contributed by atoms with E-state index in [1.54, 1.807) is 18.4 Å². The van der Waals surface area contributed by atoms with Crippen molar-refractivity contribution in [3.05, 3.63) is 47.0 Å². The summed E-state index contributed by atoms with van der Waals surface area (Å²) in [6, 6.07) is 10.3. The molecule has 2 aromatic heterocycles. The Labute approximate surface area is 227 Å². The number of carbonyl (C=O) groups excluding carboxylic acids is 2. The summed E-state index contributed by atoms with van der Waals surface area (Å²) >= 11 is 1.67. The van der Waals surface area contributed by atoms with Crippen LogP contribution in [0, 0.1) is 0 Å². The summed E-state index contributed by atoms with van der Waals surface area (Å²) in [6.45, 7) is 7.39. The number of hydrogen-bond acceptors (Lipinski definition) is 6. The molecule has 1 fully saturated rings. The second-order valence-corrected chi connectivity index (χ2v) is 11.0. The number of thiophene rings is 1. The first-order chi connectivity index (χ1) is 18.4. The molecule has 0 saturated carbocycles. The molecule has 3 aromatic rings. The highest BCUT2D eigenvalue weighted by Gasteiger charge is 2.31. The van der Waals surface area contributed by atoms with E-state index in [0.717, 1.165) is 40.3 Å². The SMILES string of the molecule is COc1cc2c(cc1OC(C)C)-c1c(-c3cccs3)cc(C(=O)N3CCCN(C(=O)CCN)CC3)n1CC2. The van der Waals surface area contributed by atoms with Gasteiger partial charge >= 0.3 is 0 Å². The third-order valence-electron chi connectivity index (χ3n) is 7.21. The van der Waals surface area contributed by atoms with Gasteiger partial charge in [-0.05, 0) is 61.9 Å². The van der Waals surface area contributed by atoms with Crippen LogP contribution in [0.5, 0.6) is 11.5 Å². The second-order valence-electron chi connectivity index (χ2n) is 10.1. The van der Waals surface area contributed by atoms with Crippen molar-refractivity contribution in [2.45, 2.75) is 45.8 Å². The molecule has 0 radical (unpaired) electrons. The summed E-state index contributed by atoms with van der Waals surface area (Å²) < 4.78 is 13.9. The molecule has 1 saturated heterocycles. The summed E-state index contributed by atoms with van der Waals surface area (Å²) in [5.41, 5.74) is 10.6. The van der Waals surface area contributed by atoms with Crippen molar-refractivity contribution in [2.24, 2.45) is 5.73 Å². The highest BCUT2D eigenvalue weighted by Crippen LogP contribution is 2.45. The first-order valence-electron chi connectivity index (χ1n) is 13.3. The molecule has 202 valence electrons. The molecule has 0 unspecified atom stereocenters. The Bertz CT molecular complexity index is 1310. The van der Waals surface area contributed by atoms with Gasteiger partial charge in [0.25, 0.3) is 5.91 Å². The number of methoxy groups -OCH3 is 1. The maximum absolute atomic E-state index is 14.0. The van der Waals surface area contributed by atoms with Gasteiger partial charge in [0.2, 0.25) is 5.91 Å². The van der Waals surface area contributed by atoms with Crippen LogP contribution in [-0.2, 0) is 17.8 Å². The summed E-state index contributed by atoms with van der Waals surface area (Å²) in [7, 11) is 1.67. The highest BCUT2D eigenvalue weighted by atomic mass is 32.1. The minimum Gasteiger partial charge on any atom is -0.493 e. The van der Waals surface area contributed by atoms with Crippen LogP contribution in [0.25, 0.3) is 21.7 Å². The number of hydrogen-bond donors (Lipinski definition) is 1. The first kappa shape index (κ1) is 26.3. The molecule has 2 amide bonds. The number of aryl methyl sites for hydroxylation is 1. The normalized spacial score (nSPS) is 15.2.